The van der Waals surface area contributed by atoms with Crippen molar-refractivity contribution in [2.75, 3.05) is 6.61 Å². The SMILES string of the molecule is CC.CCOC(=O)c1c[nH]c(C)c1. The maximum absolute atomic E-state index is 11.0. The monoisotopic (exact) mass is 183 g/mol. The van der Waals surface area contributed by atoms with Gasteiger partial charge < -0.3 is 9.72 Å². The average molecular weight is 183 g/mol. The largest absolute Gasteiger partial charge is 0.462 e. The molecule has 0 atom stereocenters. The van der Waals surface area contributed by atoms with Gasteiger partial charge in [0.25, 0.3) is 0 Å². The number of aryl methyl sites for hydroxylation is 1. The van der Waals surface area contributed by atoms with Gasteiger partial charge in [-0.15, -0.1) is 0 Å². The van der Waals surface area contributed by atoms with Crippen LogP contribution in [0.4, 0.5) is 0 Å². The molecular weight excluding hydrogens is 166 g/mol. The fraction of sp³-hybridized carbons (Fsp3) is 0.500. The van der Waals surface area contributed by atoms with Crippen molar-refractivity contribution >= 4 is 5.97 Å². The quantitative estimate of drug-likeness (QED) is 0.716. The van der Waals surface area contributed by atoms with E-state index >= 15 is 0 Å². The third-order valence-electron chi connectivity index (χ3n) is 1.34. The Balaban J connectivity index is 0.000000671. The van der Waals surface area contributed by atoms with Gasteiger partial charge in [0.15, 0.2) is 0 Å². The van der Waals surface area contributed by atoms with Crippen LogP contribution in [0.1, 0.15) is 36.8 Å². The summed E-state index contributed by atoms with van der Waals surface area (Å²) in [6.45, 7) is 8.10. The summed E-state index contributed by atoms with van der Waals surface area (Å²) in [6.07, 6.45) is 1.65. The van der Waals surface area contributed by atoms with Gasteiger partial charge in [-0.1, -0.05) is 13.8 Å². The molecule has 1 heterocycles. The predicted molar refractivity (Wildman–Crippen MR) is 52.8 cm³/mol. The van der Waals surface area contributed by atoms with Crippen molar-refractivity contribution in [3.05, 3.63) is 23.5 Å². The minimum Gasteiger partial charge on any atom is -0.462 e. The Morgan fingerprint density at radius 1 is 1.54 bits per heavy atom. The third kappa shape index (κ3) is 3.78. The number of aromatic amines is 1. The molecule has 0 aliphatic carbocycles. The molecule has 0 fully saturated rings. The van der Waals surface area contributed by atoms with Gasteiger partial charge in [0.2, 0.25) is 0 Å². The first-order valence-corrected chi connectivity index (χ1v) is 4.56. The van der Waals surface area contributed by atoms with Crippen LogP contribution in [-0.2, 0) is 4.74 Å². The molecule has 0 bridgehead atoms. The molecule has 0 saturated carbocycles. The smallest absolute Gasteiger partial charge is 0.339 e. The summed E-state index contributed by atoms with van der Waals surface area (Å²) in [5.74, 6) is -0.267. The van der Waals surface area contributed by atoms with Crippen molar-refractivity contribution < 1.29 is 9.53 Å². The van der Waals surface area contributed by atoms with Crippen molar-refractivity contribution in [2.24, 2.45) is 0 Å². The van der Waals surface area contributed by atoms with Gasteiger partial charge in [-0.25, -0.2) is 4.79 Å². The summed E-state index contributed by atoms with van der Waals surface area (Å²) < 4.78 is 4.78. The van der Waals surface area contributed by atoms with Gasteiger partial charge in [0.05, 0.1) is 12.2 Å². The molecule has 1 aromatic heterocycles. The Morgan fingerprint density at radius 2 is 2.15 bits per heavy atom. The van der Waals surface area contributed by atoms with E-state index in [-0.39, 0.29) is 5.97 Å². The molecule has 1 rings (SSSR count). The van der Waals surface area contributed by atoms with Crippen LogP contribution < -0.4 is 0 Å². The zero-order valence-electron chi connectivity index (χ0n) is 8.68. The van der Waals surface area contributed by atoms with Gasteiger partial charge in [0, 0.05) is 11.9 Å². The van der Waals surface area contributed by atoms with Crippen LogP contribution in [0.5, 0.6) is 0 Å². The maximum atomic E-state index is 11.0. The Morgan fingerprint density at radius 3 is 2.54 bits per heavy atom. The van der Waals surface area contributed by atoms with E-state index in [1.165, 1.54) is 0 Å². The Bertz CT molecular complexity index is 253. The first kappa shape index (κ1) is 11.8. The highest BCUT2D eigenvalue weighted by molar-refractivity contribution is 5.89. The van der Waals surface area contributed by atoms with Crippen molar-refractivity contribution in [2.45, 2.75) is 27.7 Å². The second-order valence-corrected chi connectivity index (χ2v) is 2.29. The minimum atomic E-state index is -0.267. The van der Waals surface area contributed by atoms with Gasteiger partial charge in [-0.2, -0.15) is 0 Å². The number of hydrogen-bond donors (Lipinski definition) is 1. The summed E-state index contributed by atoms with van der Waals surface area (Å²) >= 11 is 0. The van der Waals surface area contributed by atoms with Crippen molar-refractivity contribution in [3.63, 3.8) is 0 Å². The highest BCUT2D eigenvalue weighted by Crippen LogP contribution is 2.03. The molecule has 0 radical (unpaired) electrons. The number of hydrogen-bond acceptors (Lipinski definition) is 2. The minimum absolute atomic E-state index is 0.267. The summed E-state index contributed by atoms with van der Waals surface area (Å²) in [4.78, 5) is 13.9. The zero-order chi connectivity index (χ0) is 10.3. The third-order valence-corrected chi connectivity index (χ3v) is 1.34. The zero-order valence-corrected chi connectivity index (χ0v) is 8.68. The van der Waals surface area contributed by atoms with E-state index in [0.717, 1.165) is 5.69 Å². The van der Waals surface area contributed by atoms with Crippen LogP contribution in [0.25, 0.3) is 0 Å². The Kier molecular flexibility index (Phi) is 5.68. The molecule has 3 nitrogen and oxygen atoms in total. The van der Waals surface area contributed by atoms with Crippen molar-refractivity contribution in [3.8, 4) is 0 Å². The number of carbonyl (C=O) groups excluding carboxylic acids is 1. The molecule has 74 valence electrons. The number of nitrogens with one attached hydrogen (secondary N) is 1. The lowest BCUT2D eigenvalue weighted by Gasteiger charge is -1.96. The van der Waals surface area contributed by atoms with Crippen LogP contribution in [0, 0.1) is 6.92 Å². The summed E-state index contributed by atoms with van der Waals surface area (Å²) in [5.41, 5.74) is 1.55. The van der Waals surface area contributed by atoms with Crippen LogP contribution in [0.3, 0.4) is 0 Å². The van der Waals surface area contributed by atoms with E-state index in [1.807, 2.05) is 20.8 Å². The number of esters is 1. The molecule has 13 heavy (non-hydrogen) atoms. The second kappa shape index (κ2) is 6.29. The molecule has 0 aromatic carbocycles. The van der Waals surface area contributed by atoms with Crippen LogP contribution in [0.15, 0.2) is 12.3 Å². The van der Waals surface area contributed by atoms with Crippen LogP contribution in [-0.4, -0.2) is 17.6 Å². The maximum Gasteiger partial charge on any atom is 0.339 e. The van der Waals surface area contributed by atoms with E-state index in [0.29, 0.717) is 12.2 Å². The van der Waals surface area contributed by atoms with E-state index in [2.05, 4.69) is 4.98 Å². The summed E-state index contributed by atoms with van der Waals surface area (Å²) in [5, 5.41) is 0. The Labute approximate surface area is 79.1 Å². The number of H-pyrrole nitrogens is 1. The molecular formula is C10H17NO2. The second-order valence-electron chi connectivity index (χ2n) is 2.29. The molecule has 0 amide bonds. The molecule has 0 aliphatic rings. The first-order chi connectivity index (χ1) is 6.24. The number of ether oxygens (including phenoxy) is 1. The van der Waals surface area contributed by atoms with E-state index in [4.69, 9.17) is 4.74 Å². The average Bonchev–Trinajstić information content (AvgIpc) is 2.56. The van der Waals surface area contributed by atoms with Gasteiger partial charge in [-0.3, -0.25) is 0 Å². The molecule has 3 heteroatoms. The molecule has 0 aliphatic heterocycles. The highest BCUT2D eigenvalue weighted by Gasteiger charge is 2.06. The van der Waals surface area contributed by atoms with Gasteiger partial charge in [-0.05, 0) is 19.9 Å². The topological polar surface area (TPSA) is 42.1 Å². The van der Waals surface area contributed by atoms with Crippen molar-refractivity contribution in [1.82, 2.24) is 4.98 Å². The van der Waals surface area contributed by atoms with Crippen molar-refractivity contribution in [1.29, 1.82) is 0 Å². The lowest BCUT2D eigenvalue weighted by molar-refractivity contribution is 0.0526. The standard InChI is InChI=1S/C8H11NO2.C2H6/c1-3-11-8(10)7-4-6(2)9-5-7;1-2/h4-5,9H,3H2,1-2H3;1-2H3. The first-order valence-electron chi connectivity index (χ1n) is 4.56. The summed E-state index contributed by atoms with van der Waals surface area (Å²) in [7, 11) is 0. The lowest BCUT2D eigenvalue weighted by Crippen LogP contribution is -2.02. The molecule has 0 spiro atoms. The van der Waals surface area contributed by atoms with Gasteiger partial charge >= 0.3 is 5.97 Å². The van der Waals surface area contributed by atoms with Crippen LogP contribution >= 0.6 is 0 Å². The predicted octanol–water partition coefficient (Wildman–Crippen LogP) is 2.53. The van der Waals surface area contributed by atoms with E-state index in [9.17, 15) is 4.79 Å². The molecule has 0 unspecified atom stereocenters. The fourth-order valence-electron chi connectivity index (χ4n) is 0.840. The number of aromatic nitrogens is 1. The highest BCUT2D eigenvalue weighted by atomic mass is 16.5. The van der Waals surface area contributed by atoms with Gasteiger partial charge in [0.1, 0.15) is 0 Å². The normalized spacial score (nSPS) is 8.62. The van der Waals surface area contributed by atoms with Crippen LogP contribution in [0.2, 0.25) is 0 Å². The lowest BCUT2D eigenvalue weighted by atomic mass is 10.3. The number of carbonyl (C=O) groups is 1. The molecule has 0 saturated heterocycles. The molecule has 1 N–H and O–H groups in total. The van der Waals surface area contributed by atoms with E-state index < -0.39 is 0 Å². The summed E-state index contributed by atoms with van der Waals surface area (Å²) in [6, 6.07) is 1.76. The Hall–Kier alpha value is -1.25. The molecule has 1 aromatic rings. The fourth-order valence-corrected chi connectivity index (χ4v) is 0.840. The number of rotatable bonds is 2. The van der Waals surface area contributed by atoms with E-state index in [1.54, 1.807) is 19.2 Å².